The summed E-state index contributed by atoms with van der Waals surface area (Å²) in [7, 11) is 1.65. The fourth-order valence-electron chi connectivity index (χ4n) is 2.34. The van der Waals surface area contributed by atoms with Crippen LogP contribution in [-0.2, 0) is 11.2 Å². The molecule has 2 aromatic rings. The van der Waals surface area contributed by atoms with E-state index in [0.29, 0.717) is 13.0 Å². The predicted octanol–water partition coefficient (Wildman–Crippen LogP) is 3.52. The second kappa shape index (κ2) is 8.96. The van der Waals surface area contributed by atoms with Gasteiger partial charge in [0.05, 0.1) is 7.11 Å². The van der Waals surface area contributed by atoms with Gasteiger partial charge in [0.15, 0.2) is 6.10 Å². The van der Waals surface area contributed by atoms with E-state index in [1.807, 2.05) is 62.4 Å². The molecule has 1 amide bonds. The molecule has 1 atom stereocenters. The van der Waals surface area contributed by atoms with Crippen LogP contribution in [0, 0.1) is 6.92 Å². The van der Waals surface area contributed by atoms with Crippen LogP contribution >= 0.6 is 0 Å². The lowest BCUT2D eigenvalue weighted by molar-refractivity contribution is -0.128. The Bertz CT molecular complexity index is 635. The van der Waals surface area contributed by atoms with Gasteiger partial charge in [-0.1, -0.05) is 36.8 Å². The number of hydrogen-bond donors (Lipinski definition) is 1. The standard InChI is InChI=1S/C20H25NO3/c1-4-19(24-18-9-5-15(2)6-10-18)20(22)21-14-13-16-7-11-17(23-3)12-8-16/h5-12,19H,4,13-14H2,1-3H3,(H,21,22)/t19-/m0/s1. The molecule has 2 rings (SSSR count). The second-order valence-electron chi connectivity index (χ2n) is 5.72. The van der Waals surface area contributed by atoms with E-state index < -0.39 is 6.10 Å². The minimum atomic E-state index is -0.469. The van der Waals surface area contributed by atoms with Crippen molar-refractivity contribution in [2.24, 2.45) is 0 Å². The molecular weight excluding hydrogens is 302 g/mol. The Morgan fingerprint density at radius 3 is 2.25 bits per heavy atom. The number of amides is 1. The normalized spacial score (nSPS) is 11.6. The van der Waals surface area contributed by atoms with Gasteiger partial charge in [-0.05, 0) is 49.6 Å². The SMILES string of the molecule is CC[C@H](Oc1ccc(C)cc1)C(=O)NCCc1ccc(OC)cc1. The van der Waals surface area contributed by atoms with Crippen molar-refractivity contribution in [2.45, 2.75) is 32.8 Å². The van der Waals surface area contributed by atoms with E-state index in [-0.39, 0.29) is 5.91 Å². The summed E-state index contributed by atoms with van der Waals surface area (Å²) < 4.78 is 10.9. The summed E-state index contributed by atoms with van der Waals surface area (Å²) in [5, 5.41) is 2.95. The van der Waals surface area contributed by atoms with Gasteiger partial charge in [0.25, 0.3) is 5.91 Å². The monoisotopic (exact) mass is 327 g/mol. The molecule has 0 bridgehead atoms. The molecule has 0 spiro atoms. The fraction of sp³-hybridized carbons (Fsp3) is 0.350. The molecule has 4 nitrogen and oxygen atoms in total. The third kappa shape index (κ3) is 5.30. The molecule has 0 fully saturated rings. The molecule has 0 aromatic heterocycles. The van der Waals surface area contributed by atoms with Gasteiger partial charge in [0.2, 0.25) is 0 Å². The second-order valence-corrected chi connectivity index (χ2v) is 5.72. The number of carbonyl (C=O) groups is 1. The number of hydrogen-bond acceptors (Lipinski definition) is 3. The van der Waals surface area contributed by atoms with Crippen molar-refractivity contribution in [1.29, 1.82) is 0 Å². The van der Waals surface area contributed by atoms with E-state index in [9.17, 15) is 4.79 Å². The largest absolute Gasteiger partial charge is 0.497 e. The Labute approximate surface area is 143 Å². The van der Waals surface area contributed by atoms with Gasteiger partial charge in [-0.2, -0.15) is 0 Å². The number of carbonyl (C=O) groups excluding carboxylic acids is 1. The van der Waals surface area contributed by atoms with Crippen LogP contribution in [-0.4, -0.2) is 25.7 Å². The van der Waals surface area contributed by atoms with Gasteiger partial charge in [0.1, 0.15) is 11.5 Å². The number of rotatable bonds is 8. The lowest BCUT2D eigenvalue weighted by atomic mass is 10.1. The Kier molecular flexibility index (Phi) is 6.67. The number of benzene rings is 2. The van der Waals surface area contributed by atoms with E-state index in [2.05, 4.69) is 5.32 Å². The zero-order chi connectivity index (χ0) is 17.4. The molecule has 24 heavy (non-hydrogen) atoms. The van der Waals surface area contributed by atoms with Crippen molar-refractivity contribution in [2.75, 3.05) is 13.7 Å². The van der Waals surface area contributed by atoms with Crippen LogP contribution in [0.15, 0.2) is 48.5 Å². The average molecular weight is 327 g/mol. The molecule has 0 aliphatic heterocycles. The van der Waals surface area contributed by atoms with E-state index in [4.69, 9.17) is 9.47 Å². The van der Waals surface area contributed by atoms with Crippen LogP contribution < -0.4 is 14.8 Å². The van der Waals surface area contributed by atoms with E-state index >= 15 is 0 Å². The zero-order valence-electron chi connectivity index (χ0n) is 14.5. The molecule has 4 heteroatoms. The van der Waals surface area contributed by atoms with Crippen LogP contribution in [0.25, 0.3) is 0 Å². The molecule has 0 saturated carbocycles. The van der Waals surface area contributed by atoms with Crippen LogP contribution in [0.2, 0.25) is 0 Å². The maximum Gasteiger partial charge on any atom is 0.261 e. The van der Waals surface area contributed by atoms with Crippen LogP contribution in [0.5, 0.6) is 11.5 Å². The van der Waals surface area contributed by atoms with Crippen molar-refractivity contribution < 1.29 is 14.3 Å². The van der Waals surface area contributed by atoms with E-state index in [0.717, 1.165) is 23.5 Å². The quantitative estimate of drug-likeness (QED) is 0.807. The summed E-state index contributed by atoms with van der Waals surface area (Å²) in [6.45, 7) is 4.55. The van der Waals surface area contributed by atoms with E-state index in [1.165, 1.54) is 5.56 Å². The summed E-state index contributed by atoms with van der Waals surface area (Å²) in [6.07, 6.45) is 0.933. The number of nitrogens with one attached hydrogen (secondary N) is 1. The van der Waals surface area contributed by atoms with Crippen LogP contribution in [0.1, 0.15) is 24.5 Å². The maximum atomic E-state index is 12.3. The Morgan fingerprint density at radius 1 is 1.04 bits per heavy atom. The summed E-state index contributed by atoms with van der Waals surface area (Å²) in [6, 6.07) is 15.6. The number of ether oxygens (including phenoxy) is 2. The highest BCUT2D eigenvalue weighted by Crippen LogP contribution is 2.15. The first kappa shape index (κ1) is 17.9. The number of methoxy groups -OCH3 is 1. The Balaban J connectivity index is 1.81. The minimum absolute atomic E-state index is 0.0772. The third-order valence-electron chi connectivity index (χ3n) is 3.83. The smallest absolute Gasteiger partial charge is 0.261 e. The van der Waals surface area contributed by atoms with Crippen molar-refractivity contribution in [3.05, 3.63) is 59.7 Å². The summed E-state index contributed by atoms with van der Waals surface area (Å²) in [5.41, 5.74) is 2.32. The maximum absolute atomic E-state index is 12.3. The first-order chi connectivity index (χ1) is 11.6. The summed E-state index contributed by atoms with van der Waals surface area (Å²) in [5.74, 6) is 1.48. The highest BCUT2D eigenvalue weighted by molar-refractivity contribution is 5.81. The third-order valence-corrected chi connectivity index (χ3v) is 3.83. The van der Waals surface area contributed by atoms with Gasteiger partial charge < -0.3 is 14.8 Å². The fourth-order valence-corrected chi connectivity index (χ4v) is 2.34. The molecule has 128 valence electrons. The van der Waals surface area contributed by atoms with Gasteiger partial charge in [0, 0.05) is 6.54 Å². The highest BCUT2D eigenvalue weighted by atomic mass is 16.5. The first-order valence-electron chi connectivity index (χ1n) is 8.26. The molecule has 2 aromatic carbocycles. The van der Waals surface area contributed by atoms with E-state index in [1.54, 1.807) is 7.11 Å². The summed E-state index contributed by atoms with van der Waals surface area (Å²) >= 11 is 0. The van der Waals surface area contributed by atoms with Crippen LogP contribution in [0.4, 0.5) is 0 Å². The van der Waals surface area contributed by atoms with Gasteiger partial charge in [-0.25, -0.2) is 0 Å². The molecular formula is C20H25NO3. The topological polar surface area (TPSA) is 47.6 Å². The van der Waals surface area contributed by atoms with Gasteiger partial charge in [-0.15, -0.1) is 0 Å². The summed E-state index contributed by atoms with van der Waals surface area (Å²) in [4.78, 5) is 12.3. The predicted molar refractivity (Wildman–Crippen MR) is 95.6 cm³/mol. The molecule has 1 N–H and O–H groups in total. The molecule has 0 aliphatic carbocycles. The van der Waals surface area contributed by atoms with Gasteiger partial charge >= 0.3 is 0 Å². The first-order valence-corrected chi connectivity index (χ1v) is 8.26. The molecule has 0 heterocycles. The average Bonchev–Trinajstić information content (AvgIpc) is 2.61. The van der Waals surface area contributed by atoms with Crippen LogP contribution in [0.3, 0.4) is 0 Å². The highest BCUT2D eigenvalue weighted by Gasteiger charge is 2.17. The minimum Gasteiger partial charge on any atom is -0.497 e. The number of aryl methyl sites for hydroxylation is 1. The lowest BCUT2D eigenvalue weighted by Gasteiger charge is -2.17. The molecule has 0 unspecified atom stereocenters. The van der Waals surface area contributed by atoms with Crippen molar-refractivity contribution >= 4 is 5.91 Å². The molecule has 0 saturated heterocycles. The Morgan fingerprint density at radius 2 is 1.67 bits per heavy atom. The van der Waals surface area contributed by atoms with Crippen molar-refractivity contribution in [3.8, 4) is 11.5 Å². The molecule has 0 radical (unpaired) electrons. The molecule has 0 aliphatic rings. The van der Waals surface area contributed by atoms with Gasteiger partial charge in [-0.3, -0.25) is 4.79 Å². The van der Waals surface area contributed by atoms with Crippen molar-refractivity contribution in [3.63, 3.8) is 0 Å². The Hall–Kier alpha value is -2.49. The van der Waals surface area contributed by atoms with Crippen molar-refractivity contribution in [1.82, 2.24) is 5.32 Å². The lowest BCUT2D eigenvalue weighted by Crippen LogP contribution is -2.38. The zero-order valence-corrected chi connectivity index (χ0v) is 14.5.